The minimum atomic E-state index is -1.15. The van der Waals surface area contributed by atoms with E-state index in [4.69, 9.17) is 10.2 Å². The number of urea groups is 1. The lowest BCUT2D eigenvalue weighted by atomic mass is 10.0. The summed E-state index contributed by atoms with van der Waals surface area (Å²) in [6, 6.07) is -1.59. The second-order valence-corrected chi connectivity index (χ2v) is 4.20. The van der Waals surface area contributed by atoms with Crippen LogP contribution in [-0.4, -0.2) is 40.9 Å². The number of hydrogen-bond donors (Lipinski definition) is 4. The van der Waals surface area contributed by atoms with Crippen LogP contribution in [0.1, 0.15) is 33.6 Å². The molecule has 0 bridgehead atoms. The minimum Gasteiger partial charge on any atom is -0.480 e. The van der Waals surface area contributed by atoms with E-state index in [2.05, 4.69) is 10.6 Å². The summed E-state index contributed by atoms with van der Waals surface area (Å²) in [6.07, 6.45) is 0.931. The minimum absolute atomic E-state index is 0.000462. The summed E-state index contributed by atoms with van der Waals surface area (Å²) >= 11 is 0. The molecule has 0 fully saturated rings. The number of amides is 2. The number of aliphatic carboxylic acids is 1. The van der Waals surface area contributed by atoms with Crippen LogP contribution in [0, 0.1) is 5.92 Å². The zero-order chi connectivity index (χ0) is 13.4. The van der Waals surface area contributed by atoms with Gasteiger partial charge in [-0.3, -0.25) is 0 Å². The van der Waals surface area contributed by atoms with Crippen molar-refractivity contribution >= 4 is 12.0 Å². The molecular weight excluding hydrogens is 224 g/mol. The largest absolute Gasteiger partial charge is 0.480 e. The Labute approximate surface area is 101 Å². The first-order chi connectivity index (χ1) is 7.92. The summed E-state index contributed by atoms with van der Waals surface area (Å²) in [6.45, 7) is 5.62. The van der Waals surface area contributed by atoms with Gasteiger partial charge in [0.05, 0.1) is 0 Å². The second kappa shape index (κ2) is 7.89. The molecule has 0 spiro atoms. The van der Waals surface area contributed by atoms with E-state index in [1.165, 1.54) is 0 Å². The molecule has 0 saturated heterocycles. The standard InChI is InChI=1S/C11H22N2O4/c1-4-7(2)8(3)12-11(17)13-9(5-6-14)10(15)16/h7-9,14H,4-6H2,1-3H3,(H,15,16)(H2,12,13,17). The van der Waals surface area contributed by atoms with Gasteiger partial charge in [-0.15, -0.1) is 0 Å². The molecule has 17 heavy (non-hydrogen) atoms. The molecule has 0 aliphatic rings. The van der Waals surface area contributed by atoms with Gasteiger partial charge in [0.2, 0.25) is 0 Å². The number of nitrogens with one attached hydrogen (secondary N) is 2. The fourth-order valence-electron chi connectivity index (χ4n) is 1.29. The van der Waals surface area contributed by atoms with E-state index in [0.29, 0.717) is 5.92 Å². The maximum atomic E-state index is 11.5. The highest BCUT2D eigenvalue weighted by molar-refractivity contribution is 5.82. The Morgan fingerprint density at radius 3 is 2.24 bits per heavy atom. The predicted molar refractivity (Wildman–Crippen MR) is 63.7 cm³/mol. The van der Waals surface area contributed by atoms with Crippen molar-refractivity contribution in [1.82, 2.24) is 10.6 Å². The summed E-state index contributed by atoms with van der Waals surface area (Å²) in [5, 5.41) is 22.5. The third-order valence-corrected chi connectivity index (χ3v) is 2.88. The first kappa shape index (κ1) is 15.7. The third-order valence-electron chi connectivity index (χ3n) is 2.88. The number of carboxylic acid groups (broad SMARTS) is 1. The quantitative estimate of drug-likeness (QED) is 0.527. The van der Waals surface area contributed by atoms with Crippen LogP contribution in [0.3, 0.4) is 0 Å². The lowest BCUT2D eigenvalue weighted by Crippen LogP contribution is -2.49. The van der Waals surface area contributed by atoms with Crippen LogP contribution in [-0.2, 0) is 4.79 Å². The highest BCUT2D eigenvalue weighted by Gasteiger charge is 2.20. The molecule has 0 aromatic rings. The fraction of sp³-hybridized carbons (Fsp3) is 0.818. The van der Waals surface area contributed by atoms with Crippen LogP contribution < -0.4 is 10.6 Å². The average molecular weight is 246 g/mol. The van der Waals surface area contributed by atoms with E-state index in [-0.39, 0.29) is 19.1 Å². The highest BCUT2D eigenvalue weighted by atomic mass is 16.4. The first-order valence-corrected chi connectivity index (χ1v) is 5.83. The summed E-state index contributed by atoms with van der Waals surface area (Å²) in [5.74, 6) is -0.827. The molecule has 100 valence electrons. The van der Waals surface area contributed by atoms with E-state index in [0.717, 1.165) is 6.42 Å². The Morgan fingerprint density at radius 2 is 1.82 bits per heavy atom. The van der Waals surface area contributed by atoms with Gasteiger partial charge in [0.15, 0.2) is 0 Å². The highest BCUT2D eigenvalue weighted by Crippen LogP contribution is 2.06. The van der Waals surface area contributed by atoms with Gasteiger partial charge in [-0.1, -0.05) is 20.3 Å². The molecular formula is C11H22N2O4. The van der Waals surface area contributed by atoms with E-state index in [9.17, 15) is 9.59 Å². The Morgan fingerprint density at radius 1 is 1.24 bits per heavy atom. The van der Waals surface area contributed by atoms with Crippen molar-refractivity contribution < 1.29 is 19.8 Å². The molecule has 0 aliphatic heterocycles. The molecule has 0 saturated carbocycles. The molecule has 0 aliphatic carbocycles. The molecule has 3 unspecified atom stereocenters. The third kappa shape index (κ3) is 6.11. The first-order valence-electron chi connectivity index (χ1n) is 5.83. The summed E-state index contributed by atoms with van der Waals surface area (Å²) in [4.78, 5) is 22.2. The van der Waals surface area contributed by atoms with Gasteiger partial charge >= 0.3 is 12.0 Å². The Bertz CT molecular complexity index is 258. The lowest BCUT2D eigenvalue weighted by Gasteiger charge is -2.21. The van der Waals surface area contributed by atoms with Crippen LogP contribution in [0.15, 0.2) is 0 Å². The van der Waals surface area contributed by atoms with E-state index in [1.54, 1.807) is 0 Å². The monoisotopic (exact) mass is 246 g/mol. The van der Waals surface area contributed by atoms with Crippen molar-refractivity contribution in [2.24, 2.45) is 5.92 Å². The maximum absolute atomic E-state index is 11.5. The van der Waals surface area contributed by atoms with Crippen molar-refractivity contribution in [2.45, 2.75) is 45.7 Å². The topological polar surface area (TPSA) is 98.7 Å². The molecule has 2 amide bonds. The van der Waals surface area contributed by atoms with Gasteiger partial charge < -0.3 is 20.8 Å². The zero-order valence-electron chi connectivity index (χ0n) is 10.6. The van der Waals surface area contributed by atoms with Crippen molar-refractivity contribution in [3.63, 3.8) is 0 Å². The number of carboxylic acids is 1. The molecule has 6 heteroatoms. The van der Waals surface area contributed by atoms with Gasteiger partial charge in [-0.25, -0.2) is 9.59 Å². The summed E-state index contributed by atoms with van der Waals surface area (Å²) < 4.78 is 0. The van der Waals surface area contributed by atoms with Gasteiger partial charge in [0.1, 0.15) is 6.04 Å². The van der Waals surface area contributed by atoms with Crippen molar-refractivity contribution in [1.29, 1.82) is 0 Å². The smallest absolute Gasteiger partial charge is 0.326 e. The lowest BCUT2D eigenvalue weighted by molar-refractivity contribution is -0.139. The van der Waals surface area contributed by atoms with Crippen LogP contribution in [0.25, 0.3) is 0 Å². The maximum Gasteiger partial charge on any atom is 0.326 e. The van der Waals surface area contributed by atoms with Crippen molar-refractivity contribution in [2.75, 3.05) is 6.61 Å². The number of aliphatic hydroxyl groups excluding tert-OH is 1. The number of hydrogen-bond acceptors (Lipinski definition) is 3. The molecule has 0 aromatic carbocycles. The van der Waals surface area contributed by atoms with Gasteiger partial charge in [0.25, 0.3) is 0 Å². The zero-order valence-corrected chi connectivity index (χ0v) is 10.6. The number of aliphatic hydroxyl groups is 1. The SMILES string of the molecule is CCC(C)C(C)NC(=O)NC(CCO)C(=O)O. The number of carbonyl (C=O) groups is 2. The van der Waals surface area contributed by atoms with E-state index >= 15 is 0 Å². The molecule has 4 N–H and O–H groups in total. The fourth-order valence-corrected chi connectivity index (χ4v) is 1.29. The molecule has 3 atom stereocenters. The molecule has 0 heterocycles. The van der Waals surface area contributed by atoms with Crippen LogP contribution in [0.2, 0.25) is 0 Å². The van der Waals surface area contributed by atoms with Gasteiger partial charge in [0, 0.05) is 19.1 Å². The van der Waals surface area contributed by atoms with Gasteiger partial charge in [-0.05, 0) is 12.8 Å². The number of rotatable bonds is 7. The van der Waals surface area contributed by atoms with Crippen LogP contribution >= 0.6 is 0 Å². The Balaban J connectivity index is 4.18. The molecule has 6 nitrogen and oxygen atoms in total. The molecule has 0 radical (unpaired) electrons. The predicted octanol–water partition coefficient (Wildman–Crippen LogP) is 0.556. The van der Waals surface area contributed by atoms with E-state index in [1.807, 2.05) is 20.8 Å². The van der Waals surface area contributed by atoms with Crippen LogP contribution in [0.4, 0.5) is 4.79 Å². The Hall–Kier alpha value is -1.30. The molecule has 0 aromatic heterocycles. The second-order valence-electron chi connectivity index (χ2n) is 4.20. The summed E-state index contributed by atoms with van der Waals surface area (Å²) in [7, 11) is 0. The van der Waals surface area contributed by atoms with Crippen molar-refractivity contribution in [3.05, 3.63) is 0 Å². The Kier molecular flexibility index (Phi) is 7.29. The van der Waals surface area contributed by atoms with Crippen molar-refractivity contribution in [3.8, 4) is 0 Å². The van der Waals surface area contributed by atoms with Gasteiger partial charge in [-0.2, -0.15) is 0 Å². The van der Waals surface area contributed by atoms with Crippen LogP contribution in [0.5, 0.6) is 0 Å². The number of carbonyl (C=O) groups excluding carboxylic acids is 1. The summed E-state index contributed by atoms with van der Waals surface area (Å²) in [5.41, 5.74) is 0. The normalized spacial score (nSPS) is 15.8. The van der Waals surface area contributed by atoms with E-state index < -0.39 is 18.0 Å². The molecule has 0 rings (SSSR count). The average Bonchev–Trinajstić information content (AvgIpc) is 2.26.